The molecule has 0 amide bonds. The minimum Gasteiger partial charge on any atom is -0.409 e. The molecule has 1 aliphatic carbocycles. The van der Waals surface area contributed by atoms with Gasteiger partial charge in [0.15, 0.2) is 5.84 Å². The summed E-state index contributed by atoms with van der Waals surface area (Å²) in [5, 5.41) is 12.6. The maximum absolute atomic E-state index is 8.98. The lowest BCUT2D eigenvalue weighted by molar-refractivity contribution is 0.313. The number of hydrogen-bond acceptors (Lipinski definition) is 3. The van der Waals surface area contributed by atoms with Gasteiger partial charge in [-0.2, -0.15) is 0 Å². The first-order valence-corrected chi connectivity index (χ1v) is 7.95. The molecule has 3 N–H and O–H groups in total. The molecule has 1 saturated carbocycles. The van der Waals surface area contributed by atoms with E-state index in [9.17, 15) is 0 Å². The SMILES string of the molecule is CCC1CCC(N(C)c2cccc(Cl)c2C(N)=NO)CC1. The average molecular weight is 310 g/mol. The monoisotopic (exact) mass is 309 g/mol. The molecule has 5 heteroatoms. The maximum Gasteiger partial charge on any atom is 0.173 e. The molecule has 1 aromatic carbocycles. The molecule has 116 valence electrons. The third kappa shape index (κ3) is 3.43. The third-order valence-corrected chi connectivity index (χ3v) is 4.99. The number of nitrogens with two attached hydrogens (primary N) is 1. The number of oxime groups is 1. The van der Waals surface area contributed by atoms with Crippen LogP contribution >= 0.6 is 11.6 Å². The third-order valence-electron chi connectivity index (χ3n) is 4.68. The smallest absolute Gasteiger partial charge is 0.173 e. The fourth-order valence-electron chi connectivity index (χ4n) is 3.25. The second-order valence-electron chi connectivity index (χ2n) is 5.81. The largest absolute Gasteiger partial charge is 0.409 e. The highest BCUT2D eigenvalue weighted by atomic mass is 35.5. The molecule has 2 rings (SSSR count). The Kier molecular flexibility index (Phi) is 5.34. The molecule has 21 heavy (non-hydrogen) atoms. The summed E-state index contributed by atoms with van der Waals surface area (Å²) in [5.74, 6) is 0.919. The van der Waals surface area contributed by atoms with Crippen molar-refractivity contribution in [1.82, 2.24) is 0 Å². The van der Waals surface area contributed by atoms with Crippen LogP contribution in [0, 0.1) is 5.92 Å². The van der Waals surface area contributed by atoms with E-state index in [1.807, 2.05) is 12.1 Å². The molecule has 0 spiro atoms. The summed E-state index contributed by atoms with van der Waals surface area (Å²) in [7, 11) is 2.07. The highest BCUT2D eigenvalue weighted by molar-refractivity contribution is 6.34. The van der Waals surface area contributed by atoms with E-state index in [2.05, 4.69) is 24.0 Å². The lowest BCUT2D eigenvalue weighted by Gasteiger charge is -2.36. The van der Waals surface area contributed by atoms with Crippen LogP contribution in [0.2, 0.25) is 5.02 Å². The Bertz CT molecular complexity index is 510. The van der Waals surface area contributed by atoms with Crippen LogP contribution in [0.5, 0.6) is 0 Å². The Morgan fingerprint density at radius 2 is 2.05 bits per heavy atom. The van der Waals surface area contributed by atoms with E-state index in [1.54, 1.807) is 6.07 Å². The molecule has 0 atom stereocenters. The van der Waals surface area contributed by atoms with Crippen molar-refractivity contribution in [2.45, 2.75) is 45.1 Å². The van der Waals surface area contributed by atoms with E-state index in [0.29, 0.717) is 16.6 Å². The number of benzene rings is 1. The van der Waals surface area contributed by atoms with Crippen LogP contribution in [0.25, 0.3) is 0 Å². The van der Waals surface area contributed by atoms with Crippen molar-refractivity contribution >= 4 is 23.1 Å². The topological polar surface area (TPSA) is 61.8 Å². The number of anilines is 1. The fraction of sp³-hybridized carbons (Fsp3) is 0.562. The van der Waals surface area contributed by atoms with Gasteiger partial charge in [-0.05, 0) is 43.7 Å². The molecule has 0 bridgehead atoms. The van der Waals surface area contributed by atoms with Gasteiger partial charge < -0.3 is 15.8 Å². The van der Waals surface area contributed by atoms with Crippen molar-refractivity contribution in [3.05, 3.63) is 28.8 Å². The van der Waals surface area contributed by atoms with Crippen molar-refractivity contribution in [2.75, 3.05) is 11.9 Å². The summed E-state index contributed by atoms with van der Waals surface area (Å²) in [6.07, 6.45) is 6.16. The van der Waals surface area contributed by atoms with Crippen molar-refractivity contribution in [3.8, 4) is 0 Å². The van der Waals surface area contributed by atoms with Gasteiger partial charge in [0.1, 0.15) is 0 Å². The zero-order valence-electron chi connectivity index (χ0n) is 12.7. The van der Waals surface area contributed by atoms with Crippen LogP contribution in [0.3, 0.4) is 0 Å². The molecule has 1 aliphatic rings. The highest BCUT2D eigenvalue weighted by Crippen LogP contribution is 2.34. The van der Waals surface area contributed by atoms with E-state index in [1.165, 1.54) is 32.1 Å². The zero-order chi connectivity index (χ0) is 15.4. The second-order valence-corrected chi connectivity index (χ2v) is 6.22. The van der Waals surface area contributed by atoms with Crippen LogP contribution in [0.1, 0.15) is 44.6 Å². The van der Waals surface area contributed by atoms with E-state index in [0.717, 1.165) is 11.6 Å². The molecular weight excluding hydrogens is 286 g/mol. The van der Waals surface area contributed by atoms with E-state index in [4.69, 9.17) is 22.5 Å². The highest BCUT2D eigenvalue weighted by Gasteiger charge is 2.25. The predicted octanol–water partition coefficient (Wildman–Crippen LogP) is 3.84. The van der Waals surface area contributed by atoms with Gasteiger partial charge in [-0.15, -0.1) is 0 Å². The molecule has 0 aromatic heterocycles. The first kappa shape index (κ1) is 16.0. The standard InChI is InChI=1S/C16H24ClN3O/c1-3-11-7-9-12(10-8-11)20(2)14-6-4-5-13(17)15(14)16(18)19-21/h4-6,11-12,21H,3,7-10H2,1-2H3,(H2,18,19). The number of halogens is 1. The molecule has 0 radical (unpaired) electrons. The van der Waals surface area contributed by atoms with Crippen LogP contribution in [-0.2, 0) is 0 Å². The minimum atomic E-state index is 0.0599. The minimum absolute atomic E-state index is 0.0599. The van der Waals surface area contributed by atoms with Gasteiger partial charge >= 0.3 is 0 Å². The van der Waals surface area contributed by atoms with Crippen molar-refractivity contribution in [3.63, 3.8) is 0 Å². The lowest BCUT2D eigenvalue weighted by atomic mass is 9.84. The lowest BCUT2D eigenvalue weighted by Crippen LogP contribution is -2.36. The summed E-state index contributed by atoms with van der Waals surface area (Å²) in [4.78, 5) is 2.23. The molecule has 1 aromatic rings. The number of hydrogen-bond donors (Lipinski definition) is 2. The molecule has 4 nitrogen and oxygen atoms in total. The van der Waals surface area contributed by atoms with Crippen molar-refractivity contribution < 1.29 is 5.21 Å². The Balaban J connectivity index is 2.24. The summed E-state index contributed by atoms with van der Waals surface area (Å²) in [6.45, 7) is 2.27. The zero-order valence-corrected chi connectivity index (χ0v) is 13.5. The van der Waals surface area contributed by atoms with E-state index < -0.39 is 0 Å². The van der Waals surface area contributed by atoms with E-state index >= 15 is 0 Å². The number of nitrogens with zero attached hydrogens (tertiary/aromatic N) is 2. The fourth-order valence-corrected chi connectivity index (χ4v) is 3.51. The maximum atomic E-state index is 8.98. The Morgan fingerprint density at radius 1 is 1.38 bits per heavy atom. The Morgan fingerprint density at radius 3 is 2.62 bits per heavy atom. The first-order chi connectivity index (χ1) is 10.1. The van der Waals surface area contributed by atoms with Crippen LogP contribution in [0.15, 0.2) is 23.4 Å². The molecule has 0 saturated heterocycles. The summed E-state index contributed by atoms with van der Waals surface area (Å²) in [5.41, 5.74) is 7.34. The summed E-state index contributed by atoms with van der Waals surface area (Å²) < 4.78 is 0. The van der Waals surface area contributed by atoms with E-state index in [-0.39, 0.29) is 5.84 Å². The second kappa shape index (κ2) is 7.03. The molecule has 0 unspecified atom stereocenters. The first-order valence-electron chi connectivity index (χ1n) is 7.57. The predicted molar refractivity (Wildman–Crippen MR) is 88.4 cm³/mol. The van der Waals surface area contributed by atoms with Crippen molar-refractivity contribution in [1.29, 1.82) is 0 Å². The van der Waals surface area contributed by atoms with Crippen LogP contribution in [-0.4, -0.2) is 24.1 Å². The Labute approximate surface area is 131 Å². The van der Waals surface area contributed by atoms with Gasteiger partial charge in [-0.25, -0.2) is 0 Å². The summed E-state index contributed by atoms with van der Waals surface area (Å²) in [6, 6.07) is 6.13. The molecule has 0 aliphatic heterocycles. The van der Waals surface area contributed by atoms with Gasteiger partial charge in [0, 0.05) is 18.8 Å². The van der Waals surface area contributed by atoms with Crippen LogP contribution < -0.4 is 10.6 Å². The van der Waals surface area contributed by atoms with Crippen LogP contribution in [0.4, 0.5) is 5.69 Å². The average Bonchev–Trinajstić information content (AvgIpc) is 2.53. The summed E-state index contributed by atoms with van der Waals surface area (Å²) >= 11 is 6.23. The van der Waals surface area contributed by atoms with Gasteiger partial charge in [-0.3, -0.25) is 0 Å². The van der Waals surface area contributed by atoms with Gasteiger partial charge in [0.25, 0.3) is 0 Å². The van der Waals surface area contributed by atoms with Gasteiger partial charge in [0.05, 0.1) is 10.6 Å². The van der Waals surface area contributed by atoms with Gasteiger partial charge in [-0.1, -0.05) is 36.2 Å². The molecule has 0 heterocycles. The molecular formula is C16H24ClN3O. The van der Waals surface area contributed by atoms with Crippen molar-refractivity contribution in [2.24, 2.45) is 16.8 Å². The quantitative estimate of drug-likeness (QED) is 0.384. The van der Waals surface area contributed by atoms with Gasteiger partial charge in [0.2, 0.25) is 0 Å². The number of rotatable bonds is 4. The molecule has 1 fully saturated rings. The normalized spacial score (nSPS) is 23.1. The Hall–Kier alpha value is -1.42. The number of amidine groups is 1.